The summed E-state index contributed by atoms with van der Waals surface area (Å²) >= 11 is 0. The summed E-state index contributed by atoms with van der Waals surface area (Å²) in [5, 5.41) is 0. The number of rotatable bonds is 3. The molecule has 2 N–H and O–H groups in total. The van der Waals surface area contributed by atoms with Crippen LogP contribution in [0, 0.1) is 0 Å². The molecule has 0 fully saturated rings. The molecule has 78 valence electrons. The van der Waals surface area contributed by atoms with Gasteiger partial charge in [0.15, 0.2) is 0 Å². The maximum absolute atomic E-state index is 8.90. The van der Waals surface area contributed by atoms with Gasteiger partial charge in [-0.1, -0.05) is 0 Å². The summed E-state index contributed by atoms with van der Waals surface area (Å²) in [5.74, 6) is 0. The van der Waals surface area contributed by atoms with E-state index in [1.807, 2.05) is 27.7 Å². The lowest BCUT2D eigenvalue weighted by Crippen LogP contribution is -2.31. The molecule has 0 aliphatic carbocycles. The Bertz CT molecular complexity index is 84.5. The van der Waals surface area contributed by atoms with Gasteiger partial charge in [-0.3, -0.25) is 0 Å². The van der Waals surface area contributed by atoms with E-state index < -0.39 is 8.53 Å². The molecule has 0 aromatic rings. The maximum Gasteiger partial charge on any atom is 0.253 e. The highest BCUT2D eigenvalue weighted by atomic mass is 35.5. The number of nitrogens with zero attached hydrogens (tertiary/aromatic N) is 1. The van der Waals surface area contributed by atoms with Crippen LogP contribution in [-0.2, 0) is 0 Å². The Morgan fingerprint density at radius 1 is 0.917 bits per heavy atom. The predicted molar refractivity (Wildman–Crippen MR) is 58.0 cm³/mol. The molecule has 12 heavy (non-hydrogen) atoms. The third-order valence-electron chi connectivity index (χ3n) is 1.26. The monoisotopic (exact) mass is 237 g/mol. The molecular formula is C6H18Cl2NO2P. The minimum atomic E-state index is -1.91. The molecule has 0 bridgehead atoms. The van der Waals surface area contributed by atoms with Crippen LogP contribution in [0.25, 0.3) is 0 Å². The minimum absolute atomic E-state index is 0. The summed E-state index contributed by atoms with van der Waals surface area (Å²) in [7, 11) is -1.91. The zero-order valence-corrected chi connectivity index (χ0v) is 10.3. The van der Waals surface area contributed by atoms with Crippen LogP contribution in [-0.4, -0.2) is 26.5 Å². The highest BCUT2D eigenvalue weighted by Gasteiger charge is 2.20. The zero-order chi connectivity index (χ0) is 8.31. The van der Waals surface area contributed by atoms with Gasteiger partial charge in [-0.05, 0) is 27.7 Å². The Morgan fingerprint density at radius 2 is 1.17 bits per heavy atom. The van der Waals surface area contributed by atoms with Crippen molar-refractivity contribution in [2.24, 2.45) is 0 Å². The second-order valence-corrected chi connectivity index (χ2v) is 3.83. The van der Waals surface area contributed by atoms with Crippen LogP contribution in [0.2, 0.25) is 0 Å². The van der Waals surface area contributed by atoms with Crippen LogP contribution in [0.3, 0.4) is 0 Å². The SMILES string of the molecule is CC(C)N(C(C)C)P(O)O.Cl.Cl. The number of hydrogen-bond donors (Lipinski definition) is 2. The van der Waals surface area contributed by atoms with E-state index in [1.54, 1.807) is 4.67 Å². The Morgan fingerprint density at radius 3 is 1.17 bits per heavy atom. The number of hydrogen-bond acceptors (Lipinski definition) is 3. The van der Waals surface area contributed by atoms with E-state index in [0.29, 0.717) is 0 Å². The Hall–Kier alpha value is 0.890. The Labute approximate surface area is 87.9 Å². The Balaban J connectivity index is -0.000000405. The summed E-state index contributed by atoms with van der Waals surface area (Å²) in [4.78, 5) is 17.8. The molecular weight excluding hydrogens is 220 g/mol. The first kappa shape index (κ1) is 18.6. The summed E-state index contributed by atoms with van der Waals surface area (Å²) < 4.78 is 1.68. The first-order valence-electron chi connectivity index (χ1n) is 3.43. The molecule has 0 unspecified atom stereocenters. The fraction of sp³-hybridized carbons (Fsp3) is 1.00. The summed E-state index contributed by atoms with van der Waals surface area (Å²) in [6.45, 7) is 7.78. The van der Waals surface area contributed by atoms with Crippen molar-refractivity contribution in [2.45, 2.75) is 39.8 Å². The van der Waals surface area contributed by atoms with E-state index in [1.165, 1.54) is 0 Å². The smallest absolute Gasteiger partial charge is 0.253 e. The van der Waals surface area contributed by atoms with Crippen molar-refractivity contribution in [3.05, 3.63) is 0 Å². The quantitative estimate of drug-likeness (QED) is 0.740. The van der Waals surface area contributed by atoms with E-state index in [2.05, 4.69) is 0 Å². The average molecular weight is 238 g/mol. The van der Waals surface area contributed by atoms with Crippen molar-refractivity contribution in [2.75, 3.05) is 0 Å². The van der Waals surface area contributed by atoms with Crippen molar-refractivity contribution in [1.29, 1.82) is 0 Å². The van der Waals surface area contributed by atoms with Gasteiger partial charge >= 0.3 is 0 Å². The van der Waals surface area contributed by atoms with Gasteiger partial charge < -0.3 is 9.79 Å². The van der Waals surface area contributed by atoms with Gasteiger partial charge in [0.2, 0.25) is 0 Å². The van der Waals surface area contributed by atoms with Crippen LogP contribution in [0.1, 0.15) is 27.7 Å². The van der Waals surface area contributed by atoms with Crippen molar-refractivity contribution >= 4 is 33.3 Å². The predicted octanol–water partition coefficient (Wildman–Crippen LogP) is 2.16. The summed E-state index contributed by atoms with van der Waals surface area (Å²) in [6.07, 6.45) is 0. The third kappa shape index (κ3) is 6.41. The molecule has 0 saturated carbocycles. The molecule has 0 heterocycles. The van der Waals surface area contributed by atoms with Crippen LogP contribution in [0.5, 0.6) is 0 Å². The molecule has 0 spiro atoms. The molecule has 6 heteroatoms. The third-order valence-corrected chi connectivity index (χ3v) is 2.60. The van der Waals surface area contributed by atoms with Crippen LogP contribution >= 0.6 is 33.3 Å². The molecule has 0 aliphatic heterocycles. The van der Waals surface area contributed by atoms with Crippen LogP contribution < -0.4 is 0 Å². The lowest BCUT2D eigenvalue weighted by Gasteiger charge is -2.29. The molecule has 0 atom stereocenters. The molecule has 0 radical (unpaired) electrons. The van der Waals surface area contributed by atoms with E-state index in [-0.39, 0.29) is 36.9 Å². The van der Waals surface area contributed by atoms with E-state index in [4.69, 9.17) is 9.79 Å². The van der Waals surface area contributed by atoms with Crippen molar-refractivity contribution in [3.8, 4) is 0 Å². The van der Waals surface area contributed by atoms with Crippen molar-refractivity contribution in [1.82, 2.24) is 4.67 Å². The Kier molecular flexibility index (Phi) is 13.2. The molecule has 0 rings (SSSR count). The largest absolute Gasteiger partial charge is 0.338 e. The molecule has 3 nitrogen and oxygen atoms in total. The second-order valence-electron chi connectivity index (χ2n) is 2.84. The standard InChI is InChI=1S/C6H16NO2P.2ClH/c1-5(2)7(6(3)4)10(8)9;;/h5-6,8-9H,1-4H3;2*1H. The van der Waals surface area contributed by atoms with Crippen LogP contribution in [0.4, 0.5) is 0 Å². The highest BCUT2D eigenvalue weighted by molar-refractivity contribution is 7.42. The first-order valence-corrected chi connectivity index (χ1v) is 4.63. The maximum atomic E-state index is 8.90. The molecule has 0 aliphatic rings. The fourth-order valence-electron chi connectivity index (χ4n) is 1.01. The second kappa shape index (κ2) is 8.49. The molecule has 0 saturated heterocycles. The fourth-order valence-corrected chi connectivity index (χ4v) is 1.84. The van der Waals surface area contributed by atoms with Gasteiger partial charge in [0.05, 0.1) is 0 Å². The number of halogens is 2. The van der Waals surface area contributed by atoms with E-state index in [0.717, 1.165) is 0 Å². The minimum Gasteiger partial charge on any atom is -0.338 e. The summed E-state index contributed by atoms with van der Waals surface area (Å²) in [5.41, 5.74) is 0. The van der Waals surface area contributed by atoms with Crippen molar-refractivity contribution < 1.29 is 9.79 Å². The van der Waals surface area contributed by atoms with Crippen molar-refractivity contribution in [3.63, 3.8) is 0 Å². The molecule has 0 amide bonds. The van der Waals surface area contributed by atoms with E-state index >= 15 is 0 Å². The highest BCUT2D eigenvalue weighted by Crippen LogP contribution is 2.34. The molecule has 0 aromatic heterocycles. The van der Waals surface area contributed by atoms with Crippen LogP contribution in [0.15, 0.2) is 0 Å². The van der Waals surface area contributed by atoms with Gasteiger partial charge in [-0.2, -0.15) is 0 Å². The van der Waals surface area contributed by atoms with Gasteiger partial charge in [0.25, 0.3) is 8.53 Å². The van der Waals surface area contributed by atoms with E-state index in [9.17, 15) is 0 Å². The lowest BCUT2D eigenvalue weighted by molar-refractivity contribution is 0.259. The lowest BCUT2D eigenvalue weighted by atomic mass is 10.3. The van der Waals surface area contributed by atoms with Gasteiger partial charge in [0.1, 0.15) is 0 Å². The van der Waals surface area contributed by atoms with Gasteiger partial charge in [0, 0.05) is 12.1 Å². The zero-order valence-electron chi connectivity index (χ0n) is 7.76. The summed E-state index contributed by atoms with van der Waals surface area (Å²) in [6, 6.07) is 0.391. The first-order chi connectivity index (χ1) is 4.46. The normalized spacial score (nSPS) is 10.5. The van der Waals surface area contributed by atoms with Gasteiger partial charge in [-0.15, -0.1) is 24.8 Å². The topological polar surface area (TPSA) is 43.7 Å². The average Bonchev–Trinajstić information content (AvgIpc) is 1.59. The molecule has 0 aromatic carbocycles. The van der Waals surface area contributed by atoms with Gasteiger partial charge in [-0.25, -0.2) is 4.67 Å².